The van der Waals surface area contributed by atoms with E-state index in [-0.39, 0.29) is 19.8 Å². The third kappa shape index (κ3) is 11.5. The van der Waals surface area contributed by atoms with E-state index in [0.29, 0.717) is 0 Å². The van der Waals surface area contributed by atoms with Crippen molar-refractivity contribution in [2.45, 2.75) is 6.92 Å². The zero-order valence-electron chi connectivity index (χ0n) is 9.11. The number of carbonyl (C=O) groups is 1. The minimum atomic E-state index is -4.74. The molecule has 0 aliphatic rings. The van der Waals surface area contributed by atoms with E-state index in [2.05, 4.69) is 4.18 Å². The topological polar surface area (TPSA) is 162 Å². The fourth-order valence-corrected chi connectivity index (χ4v) is 0.581. The molecule has 0 radical (unpaired) electrons. The van der Waals surface area contributed by atoms with Gasteiger partial charge in [-0.1, -0.05) is 6.92 Å². The second-order valence-electron chi connectivity index (χ2n) is 3.33. The van der Waals surface area contributed by atoms with Crippen LogP contribution in [0.1, 0.15) is 6.92 Å². The maximum absolute atomic E-state index is 9.82. The van der Waals surface area contributed by atoms with Crippen LogP contribution in [0.2, 0.25) is 0 Å². The van der Waals surface area contributed by atoms with Gasteiger partial charge in [-0.25, -0.2) is 4.79 Å². The maximum Gasteiger partial charge on any atom is 0.449 e. The van der Waals surface area contributed by atoms with Crippen LogP contribution in [-0.2, 0) is 19.4 Å². The molecule has 0 aliphatic carbocycles. The lowest BCUT2D eigenvalue weighted by atomic mass is 9.95. The van der Waals surface area contributed by atoms with E-state index in [0.717, 1.165) is 0 Å². The fourth-order valence-electron chi connectivity index (χ4n) is 0.294. The lowest BCUT2D eigenvalue weighted by Crippen LogP contribution is -2.29. The van der Waals surface area contributed by atoms with Crippen molar-refractivity contribution in [3.63, 3.8) is 0 Å². The number of hydrogen-bond acceptors (Lipinski definition) is 8. The van der Waals surface area contributed by atoms with E-state index in [9.17, 15) is 13.2 Å². The van der Waals surface area contributed by atoms with Gasteiger partial charge >= 0.3 is 16.4 Å². The van der Waals surface area contributed by atoms with Crippen molar-refractivity contribution < 1.29 is 42.4 Å². The Morgan fingerprint density at radius 2 is 1.47 bits per heavy atom. The molecule has 0 saturated carbocycles. The van der Waals surface area contributed by atoms with E-state index in [1.165, 1.54) is 0 Å². The number of rotatable bonds is 5. The van der Waals surface area contributed by atoms with Gasteiger partial charge in [-0.3, -0.25) is 4.55 Å². The Morgan fingerprint density at radius 1 is 1.12 bits per heavy atom. The molecule has 0 bridgehead atoms. The Bertz CT molecular complexity index is 297. The summed E-state index contributed by atoms with van der Waals surface area (Å²) in [5, 5.41) is 33.2. The van der Waals surface area contributed by atoms with E-state index >= 15 is 0 Å². The van der Waals surface area contributed by atoms with Crippen LogP contribution in [-0.4, -0.2) is 65.8 Å². The molecule has 0 saturated heterocycles. The second kappa shape index (κ2) is 8.33. The average Bonchev–Trinajstić information content (AvgIpc) is 2.26. The maximum atomic E-state index is 9.82. The van der Waals surface area contributed by atoms with E-state index in [4.69, 9.17) is 25.0 Å². The summed E-state index contributed by atoms with van der Waals surface area (Å²) < 4.78 is 30.2. The van der Waals surface area contributed by atoms with Crippen LogP contribution in [0, 0.1) is 5.41 Å². The van der Waals surface area contributed by atoms with Crippen molar-refractivity contribution in [3.05, 3.63) is 0 Å². The minimum absolute atomic E-state index is 0.181. The predicted molar refractivity (Wildman–Crippen MR) is 54.1 cm³/mol. The fraction of sp³-hybridized carbons (Fsp3) is 0.857. The molecule has 0 rings (SSSR count). The van der Waals surface area contributed by atoms with Gasteiger partial charge in [0.25, 0.3) is 0 Å². The van der Waals surface area contributed by atoms with Crippen LogP contribution in [0.5, 0.6) is 0 Å². The molecule has 0 fully saturated rings. The van der Waals surface area contributed by atoms with Gasteiger partial charge < -0.3 is 24.6 Å². The Morgan fingerprint density at radius 3 is 1.53 bits per heavy atom. The van der Waals surface area contributed by atoms with Crippen LogP contribution in [0.15, 0.2) is 0 Å². The highest BCUT2D eigenvalue weighted by atomic mass is 32.3. The lowest BCUT2D eigenvalue weighted by Gasteiger charge is -2.20. The first-order valence-electron chi connectivity index (χ1n) is 4.27. The van der Waals surface area contributed by atoms with E-state index in [1.54, 1.807) is 6.92 Å². The van der Waals surface area contributed by atoms with Crippen molar-refractivity contribution >= 4 is 16.4 Å². The first-order chi connectivity index (χ1) is 7.64. The minimum Gasteiger partial charge on any atom is -0.396 e. The van der Waals surface area contributed by atoms with Gasteiger partial charge in [-0.2, -0.15) is 8.42 Å². The first kappa shape index (κ1) is 18.6. The largest absolute Gasteiger partial charge is 0.449 e. The molecule has 0 aromatic carbocycles. The molecule has 0 heterocycles. The van der Waals surface area contributed by atoms with Crippen molar-refractivity contribution in [1.29, 1.82) is 0 Å². The molecule has 9 nitrogen and oxygen atoms in total. The van der Waals surface area contributed by atoms with Crippen LogP contribution < -0.4 is 0 Å². The average molecular weight is 276 g/mol. The third-order valence-electron chi connectivity index (χ3n) is 1.47. The normalized spacial score (nSPS) is 11.4. The summed E-state index contributed by atoms with van der Waals surface area (Å²) in [6, 6.07) is 0. The van der Waals surface area contributed by atoms with Crippen molar-refractivity contribution in [2.75, 3.05) is 26.4 Å². The summed E-state index contributed by atoms with van der Waals surface area (Å²) in [5.41, 5.74) is -0.708. The highest BCUT2D eigenvalue weighted by Crippen LogP contribution is 2.10. The highest BCUT2D eigenvalue weighted by molar-refractivity contribution is 7.81. The molecular weight excluding hydrogens is 260 g/mol. The summed E-state index contributed by atoms with van der Waals surface area (Å²) in [5.74, 6) is -1.42. The number of carbonyl (C=O) groups excluding carboxylic acids is 1. The SMILES string of the molecule is CC(CO)(CO)CO.O=C(CO)OS(=O)(=O)O. The molecule has 0 aromatic rings. The molecular formula is C7H16O9S. The quantitative estimate of drug-likeness (QED) is 0.336. The van der Waals surface area contributed by atoms with Crippen LogP contribution in [0.4, 0.5) is 0 Å². The standard InChI is InChI=1S/C5H12O3.C2H4O6S/c1-5(2-6,3-7)4-8;3-1-2(4)8-9(5,6)7/h6-8H,2-4H2,1H3;3H,1H2,(H,5,6,7). The molecule has 0 amide bonds. The van der Waals surface area contributed by atoms with Gasteiger partial charge in [-0.15, -0.1) is 0 Å². The molecule has 5 N–H and O–H groups in total. The van der Waals surface area contributed by atoms with Gasteiger partial charge in [-0.05, 0) is 0 Å². The van der Waals surface area contributed by atoms with Gasteiger partial charge in [0.1, 0.15) is 6.61 Å². The van der Waals surface area contributed by atoms with Crippen molar-refractivity contribution in [1.82, 2.24) is 0 Å². The molecule has 0 aliphatic heterocycles. The number of aliphatic hydroxyl groups excluding tert-OH is 4. The molecule has 0 atom stereocenters. The molecule has 10 heteroatoms. The monoisotopic (exact) mass is 276 g/mol. The molecule has 0 spiro atoms. The summed E-state index contributed by atoms with van der Waals surface area (Å²) in [6.07, 6.45) is 0. The van der Waals surface area contributed by atoms with Crippen LogP contribution in [0.3, 0.4) is 0 Å². The second-order valence-corrected chi connectivity index (χ2v) is 4.35. The van der Waals surface area contributed by atoms with Crippen molar-refractivity contribution in [3.8, 4) is 0 Å². The summed E-state index contributed by atoms with van der Waals surface area (Å²) in [4.78, 5) is 9.82. The van der Waals surface area contributed by atoms with E-state index < -0.39 is 28.4 Å². The zero-order chi connectivity index (χ0) is 14.1. The Hall–Kier alpha value is -0.780. The molecule has 104 valence electrons. The lowest BCUT2D eigenvalue weighted by molar-refractivity contribution is -0.137. The number of hydrogen-bond donors (Lipinski definition) is 5. The summed E-state index contributed by atoms with van der Waals surface area (Å²) in [6.45, 7) is -0.0210. The highest BCUT2D eigenvalue weighted by Gasteiger charge is 2.20. The zero-order valence-corrected chi connectivity index (χ0v) is 9.92. The summed E-state index contributed by atoms with van der Waals surface area (Å²) >= 11 is 0. The molecule has 0 aromatic heterocycles. The number of aliphatic hydroxyl groups is 4. The van der Waals surface area contributed by atoms with Gasteiger partial charge in [0.05, 0.1) is 19.8 Å². The van der Waals surface area contributed by atoms with Crippen LogP contribution in [0.25, 0.3) is 0 Å². The van der Waals surface area contributed by atoms with Gasteiger partial charge in [0.15, 0.2) is 0 Å². The van der Waals surface area contributed by atoms with Crippen molar-refractivity contribution in [2.24, 2.45) is 5.41 Å². The Kier molecular flexibility index (Phi) is 9.11. The molecule has 0 unspecified atom stereocenters. The smallest absolute Gasteiger partial charge is 0.396 e. The summed E-state index contributed by atoms with van der Waals surface area (Å²) in [7, 11) is -4.74. The Labute approximate surface area is 98.2 Å². The van der Waals surface area contributed by atoms with Crippen LogP contribution >= 0.6 is 0 Å². The third-order valence-corrected chi connectivity index (χ3v) is 1.87. The van der Waals surface area contributed by atoms with Gasteiger partial charge in [0, 0.05) is 5.41 Å². The Balaban J connectivity index is 0. The van der Waals surface area contributed by atoms with Gasteiger partial charge in [0.2, 0.25) is 0 Å². The van der Waals surface area contributed by atoms with E-state index in [1.807, 2.05) is 0 Å². The predicted octanol–water partition coefficient (Wildman–Crippen LogP) is -2.71. The molecule has 17 heavy (non-hydrogen) atoms. The first-order valence-corrected chi connectivity index (χ1v) is 5.64.